The molecule has 9 nitrogen and oxygen atoms in total. The number of carbonyl (C=O) groups is 3. The number of rotatable bonds is 8. The van der Waals surface area contributed by atoms with Crippen molar-refractivity contribution in [2.24, 2.45) is 11.3 Å². The molecule has 4 heterocycles. The molecule has 2 amide bonds. The summed E-state index contributed by atoms with van der Waals surface area (Å²) in [6, 6.07) is 9.33. The standard InChI is InChI=1S/C24H28N2O7S/c1-14(27)23(13-25(15(2)28)33-11-16-7-5-4-6-8-16)21(31)26-18(20(29)30)19-22(3,34-19)24(23,26)17-9-10-32-12-17/h4-8,14,17,27H,9-13H2,1-3H3,(H,29,30). The Kier molecular flexibility index (Phi) is 5.36. The van der Waals surface area contributed by atoms with Crippen molar-refractivity contribution >= 4 is 29.5 Å². The molecule has 0 bridgehead atoms. The highest BCUT2D eigenvalue weighted by Crippen LogP contribution is 2.81. The average molecular weight is 489 g/mol. The molecule has 2 N–H and O–H groups in total. The molecule has 1 aromatic carbocycles. The van der Waals surface area contributed by atoms with E-state index in [9.17, 15) is 24.6 Å². The predicted molar refractivity (Wildman–Crippen MR) is 122 cm³/mol. The number of nitrogens with zero attached hydrogens (tertiary/aromatic N) is 2. The van der Waals surface area contributed by atoms with Gasteiger partial charge in [-0.05, 0) is 25.8 Å². The molecule has 5 rings (SSSR count). The molecule has 5 atom stereocenters. The lowest BCUT2D eigenvalue weighted by atomic mass is 9.49. The number of fused-ring (bicyclic) bond motifs is 3. The van der Waals surface area contributed by atoms with Gasteiger partial charge in [-0.1, -0.05) is 30.3 Å². The number of aliphatic hydroxyl groups excluding tert-OH is 1. The van der Waals surface area contributed by atoms with Crippen LogP contribution in [0.25, 0.3) is 0 Å². The molecule has 0 spiro atoms. The van der Waals surface area contributed by atoms with Crippen LogP contribution in [0.3, 0.4) is 0 Å². The normalized spacial score (nSPS) is 34.4. The summed E-state index contributed by atoms with van der Waals surface area (Å²) in [5.74, 6) is -2.26. The molecule has 3 saturated heterocycles. The number of β-lactam (4-membered cyclic amide) rings is 1. The molecule has 5 unspecified atom stereocenters. The minimum absolute atomic E-state index is 0.0137. The van der Waals surface area contributed by atoms with E-state index in [1.165, 1.54) is 30.5 Å². The Balaban J connectivity index is 1.56. The van der Waals surface area contributed by atoms with Gasteiger partial charge in [0.1, 0.15) is 17.7 Å². The van der Waals surface area contributed by atoms with Crippen molar-refractivity contribution in [1.82, 2.24) is 9.96 Å². The third kappa shape index (κ3) is 2.76. The van der Waals surface area contributed by atoms with Crippen molar-refractivity contribution in [2.75, 3.05) is 19.8 Å². The molecular formula is C24H28N2O7S. The van der Waals surface area contributed by atoms with Gasteiger partial charge in [0.2, 0.25) is 11.8 Å². The second kappa shape index (κ2) is 7.81. The number of aliphatic hydroxyl groups is 1. The zero-order chi connectivity index (χ0) is 24.5. The molecule has 34 heavy (non-hydrogen) atoms. The molecule has 3 fully saturated rings. The maximum Gasteiger partial charge on any atom is 0.353 e. The van der Waals surface area contributed by atoms with Gasteiger partial charge in [-0.2, -0.15) is 0 Å². The van der Waals surface area contributed by atoms with Gasteiger partial charge >= 0.3 is 5.97 Å². The second-order valence-corrected chi connectivity index (χ2v) is 11.0. The summed E-state index contributed by atoms with van der Waals surface area (Å²) < 4.78 is 5.00. The van der Waals surface area contributed by atoms with Crippen LogP contribution >= 0.6 is 11.8 Å². The van der Waals surface area contributed by atoms with Gasteiger partial charge in [-0.3, -0.25) is 19.3 Å². The monoisotopic (exact) mass is 488 g/mol. The van der Waals surface area contributed by atoms with E-state index in [4.69, 9.17) is 9.57 Å². The Labute approximate surface area is 201 Å². The van der Waals surface area contributed by atoms with Crippen molar-refractivity contribution < 1.29 is 34.2 Å². The maximum absolute atomic E-state index is 13.8. The van der Waals surface area contributed by atoms with E-state index < -0.39 is 39.6 Å². The highest BCUT2D eigenvalue weighted by Gasteiger charge is 2.90. The Morgan fingerprint density at radius 1 is 1.35 bits per heavy atom. The predicted octanol–water partition coefficient (Wildman–Crippen LogP) is 1.77. The Bertz CT molecular complexity index is 1090. The molecule has 10 heteroatoms. The molecule has 0 saturated carbocycles. The van der Waals surface area contributed by atoms with Gasteiger partial charge in [0.25, 0.3) is 0 Å². The summed E-state index contributed by atoms with van der Waals surface area (Å²) in [4.78, 5) is 46.6. The molecule has 4 aliphatic heterocycles. The number of amides is 2. The van der Waals surface area contributed by atoms with E-state index >= 15 is 0 Å². The van der Waals surface area contributed by atoms with Crippen LogP contribution in [-0.4, -0.2) is 74.1 Å². The van der Waals surface area contributed by atoms with Crippen molar-refractivity contribution in [1.29, 1.82) is 0 Å². The van der Waals surface area contributed by atoms with E-state index in [-0.39, 0.29) is 24.8 Å². The van der Waals surface area contributed by atoms with E-state index in [1.54, 1.807) is 0 Å². The van der Waals surface area contributed by atoms with Crippen LogP contribution in [0.15, 0.2) is 40.9 Å². The summed E-state index contributed by atoms with van der Waals surface area (Å²) >= 11 is 1.43. The first-order chi connectivity index (χ1) is 16.1. The van der Waals surface area contributed by atoms with Gasteiger partial charge in [-0.25, -0.2) is 9.86 Å². The number of hydroxylamine groups is 2. The molecular weight excluding hydrogens is 460 g/mol. The maximum atomic E-state index is 13.8. The van der Waals surface area contributed by atoms with Gasteiger partial charge in [0.05, 0.1) is 29.5 Å². The number of ether oxygens (including phenoxy) is 1. The zero-order valence-corrected chi connectivity index (χ0v) is 20.1. The van der Waals surface area contributed by atoms with Crippen molar-refractivity contribution in [3.05, 3.63) is 46.5 Å². The minimum atomic E-state index is -1.45. The van der Waals surface area contributed by atoms with Crippen LogP contribution in [0.1, 0.15) is 32.8 Å². The van der Waals surface area contributed by atoms with E-state index in [1.807, 2.05) is 37.3 Å². The highest BCUT2D eigenvalue weighted by molar-refractivity contribution is 8.13. The molecule has 1 aromatic rings. The minimum Gasteiger partial charge on any atom is -0.477 e. The summed E-state index contributed by atoms with van der Waals surface area (Å²) in [6.45, 7) is 5.58. The van der Waals surface area contributed by atoms with Crippen LogP contribution in [0.2, 0.25) is 0 Å². The lowest BCUT2D eigenvalue weighted by Gasteiger charge is -2.68. The fraction of sp³-hybridized carbons (Fsp3) is 0.542. The SMILES string of the molecule is CC(=O)N(CC1(C(C)O)C(=O)N2C(C(=O)O)=C3SC3(C)C21C1CCOC1)OCc1ccccc1. The van der Waals surface area contributed by atoms with Crippen molar-refractivity contribution in [3.8, 4) is 0 Å². The largest absolute Gasteiger partial charge is 0.477 e. The smallest absolute Gasteiger partial charge is 0.353 e. The van der Waals surface area contributed by atoms with Gasteiger partial charge in [-0.15, -0.1) is 11.8 Å². The average Bonchev–Trinajstić information content (AvgIpc) is 3.13. The van der Waals surface area contributed by atoms with Crippen LogP contribution < -0.4 is 0 Å². The zero-order valence-electron chi connectivity index (χ0n) is 19.3. The first-order valence-electron chi connectivity index (χ1n) is 11.4. The van der Waals surface area contributed by atoms with Gasteiger partial charge in [0.15, 0.2) is 0 Å². The lowest BCUT2D eigenvalue weighted by Crippen LogP contribution is -2.87. The Morgan fingerprint density at radius 3 is 2.62 bits per heavy atom. The summed E-state index contributed by atoms with van der Waals surface area (Å²) in [5.41, 5.74) is -1.66. The quantitative estimate of drug-likeness (QED) is 0.323. The van der Waals surface area contributed by atoms with Crippen LogP contribution in [0.4, 0.5) is 0 Å². The van der Waals surface area contributed by atoms with E-state index in [0.717, 1.165) is 10.6 Å². The Morgan fingerprint density at radius 2 is 2.06 bits per heavy atom. The first kappa shape index (κ1) is 23.3. The summed E-state index contributed by atoms with van der Waals surface area (Å²) in [5, 5.41) is 22.3. The van der Waals surface area contributed by atoms with Crippen molar-refractivity contribution in [3.63, 3.8) is 0 Å². The number of hydrogen-bond donors (Lipinski definition) is 2. The fourth-order valence-corrected chi connectivity index (χ4v) is 7.88. The Hall–Kier alpha value is -2.40. The molecule has 0 aromatic heterocycles. The van der Waals surface area contributed by atoms with Crippen LogP contribution in [0, 0.1) is 11.3 Å². The van der Waals surface area contributed by atoms with Gasteiger partial charge in [0, 0.05) is 24.4 Å². The molecule has 0 aliphatic carbocycles. The van der Waals surface area contributed by atoms with Crippen molar-refractivity contribution in [2.45, 2.75) is 50.2 Å². The summed E-state index contributed by atoms with van der Waals surface area (Å²) in [6.07, 6.45) is -0.536. The number of carbonyl (C=O) groups excluding carboxylic acids is 2. The number of aliphatic carboxylic acids is 1. The molecule has 182 valence electrons. The number of carboxylic acids is 1. The van der Waals surface area contributed by atoms with Crippen LogP contribution in [0.5, 0.6) is 0 Å². The summed E-state index contributed by atoms with van der Waals surface area (Å²) in [7, 11) is 0. The third-order valence-corrected chi connectivity index (χ3v) is 9.42. The fourth-order valence-electron chi connectivity index (χ4n) is 6.40. The molecule has 0 radical (unpaired) electrons. The molecule has 4 aliphatic rings. The van der Waals surface area contributed by atoms with E-state index in [0.29, 0.717) is 24.5 Å². The topological polar surface area (TPSA) is 117 Å². The lowest BCUT2D eigenvalue weighted by molar-refractivity contribution is -0.250. The first-order valence-corrected chi connectivity index (χ1v) is 12.2. The number of hydrogen-bond acceptors (Lipinski definition) is 7. The van der Waals surface area contributed by atoms with Gasteiger partial charge < -0.3 is 14.9 Å². The van der Waals surface area contributed by atoms with E-state index in [2.05, 4.69) is 0 Å². The van der Waals surface area contributed by atoms with Crippen LogP contribution in [-0.2, 0) is 30.6 Å². The third-order valence-electron chi connectivity index (χ3n) is 7.89. The highest BCUT2D eigenvalue weighted by atomic mass is 32.2. The second-order valence-electron chi connectivity index (χ2n) is 9.55. The number of thioether (sulfide) groups is 1. The number of carboxylic acid groups (broad SMARTS) is 1. The number of benzene rings is 1.